The highest BCUT2D eigenvalue weighted by Gasteiger charge is 2.31. The minimum absolute atomic E-state index is 0.0896. The molecule has 0 saturated carbocycles. The van der Waals surface area contributed by atoms with E-state index in [-0.39, 0.29) is 12.8 Å². The number of rotatable bonds is 16. The number of aliphatic carboxylic acids is 2. The van der Waals surface area contributed by atoms with Crippen LogP contribution in [-0.2, 0) is 35.2 Å². The molecule has 1 aromatic rings. The lowest BCUT2D eigenvalue weighted by atomic mass is 10.1. The quantitative estimate of drug-likeness (QED) is 0.109. The maximum Gasteiger partial charge on any atom is 0.326 e. The van der Waals surface area contributed by atoms with E-state index in [4.69, 9.17) is 16.6 Å². The van der Waals surface area contributed by atoms with Gasteiger partial charge >= 0.3 is 11.9 Å². The Bertz CT molecular complexity index is 911. The standard InChI is InChI=1S/C19H29N7O8S/c1-35-3-2-11(17(31)26-13(19(33)34)6-14(21)27)24-18(32)12(4-9-7-22-8-23-9)25-16(30)10(20)5-15(28)29/h7-8,10-13H,2-6,20H2,1H3,(H2,21,27)(H,22,23)(H,24,32)(H,25,30)(H,26,31)(H,28,29)(H,33,34). The van der Waals surface area contributed by atoms with E-state index in [0.29, 0.717) is 11.4 Å². The van der Waals surface area contributed by atoms with Crippen LogP contribution in [0, 0.1) is 0 Å². The molecule has 0 aliphatic carbocycles. The summed E-state index contributed by atoms with van der Waals surface area (Å²) in [6.07, 6.45) is 3.21. The summed E-state index contributed by atoms with van der Waals surface area (Å²) < 4.78 is 0. The molecule has 0 fully saturated rings. The zero-order chi connectivity index (χ0) is 26.5. The zero-order valence-electron chi connectivity index (χ0n) is 18.9. The van der Waals surface area contributed by atoms with E-state index in [0.717, 1.165) is 0 Å². The molecule has 1 aromatic heterocycles. The number of aromatic amines is 1. The van der Waals surface area contributed by atoms with Gasteiger partial charge < -0.3 is 42.6 Å². The van der Waals surface area contributed by atoms with Gasteiger partial charge in [-0.1, -0.05) is 0 Å². The second-order valence-corrected chi connectivity index (χ2v) is 8.44. The number of nitrogens with two attached hydrogens (primary N) is 2. The lowest BCUT2D eigenvalue weighted by Crippen LogP contribution is -2.58. The van der Waals surface area contributed by atoms with Crippen LogP contribution in [0.15, 0.2) is 12.5 Å². The Labute approximate surface area is 204 Å². The summed E-state index contributed by atoms with van der Waals surface area (Å²) in [6, 6.07) is -5.50. The number of carbonyl (C=O) groups excluding carboxylic acids is 4. The third-order valence-electron chi connectivity index (χ3n) is 4.61. The number of carboxylic acids is 2. The monoisotopic (exact) mass is 515 g/mol. The van der Waals surface area contributed by atoms with Crippen molar-refractivity contribution in [3.8, 4) is 0 Å². The van der Waals surface area contributed by atoms with Crippen LogP contribution in [0.25, 0.3) is 0 Å². The summed E-state index contributed by atoms with van der Waals surface area (Å²) in [7, 11) is 0. The first kappa shape index (κ1) is 29.4. The number of carbonyl (C=O) groups is 6. The molecular weight excluding hydrogens is 486 g/mol. The van der Waals surface area contributed by atoms with Crippen molar-refractivity contribution in [2.24, 2.45) is 11.5 Å². The number of H-pyrrole nitrogens is 1. The molecule has 4 atom stereocenters. The fourth-order valence-electron chi connectivity index (χ4n) is 2.84. The number of aromatic nitrogens is 2. The van der Waals surface area contributed by atoms with E-state index in [1.807, 2.05) is 0 Å². The van der Waals surface area contributed by atoms with Gasteiger partial charge in [-0.15, -0.1) is 0 Å². The van der Waals surface area contributed by atoms with Crippen LogP contribution in [0.2, 0.25) is 0 Å². The number of imidazole rings is 1. The van der Waals surface area contributed by atoms with E-state index in [1.165, 1.54) is 24.3 Å². The second-order valence-electron chi connectivity index (χ2n) is 7.46. The Kier molecular flexibility index (Phi) is 12.2. The Hall–Kier alpha value is -3.66. The van der Waals surface area contributed by atoms with E-state index in [9.17, 15) is 33.9 Å². The van der Waals surface area contributed by atoms with Crippen molar-refractivity contribution in [2.45, 2.75) is 49.9 Å². The molecular formula is C19H29N7O8S. The Balaban J connectivity index is 3.04. The summed E-state index contributed by atoms with van der Waals surface area (Å²) in [5, 5.41) is 25.1. The number of hydrogen-bond acceptors (Lipinski definition) is 9. The average Bonchev–Trinajstić information content (AvgIpc) is 3.27. The van der Waals surface area contributed by atoms with E-state index in [2.05, 4.69) is 25.9 Å². The molecule has 4 amide bonds. The minimum Gasteiger partial charge on any atom is -0.481 e. The average molecular weight is 516 g/mol. The highest BCUT2D eigenvalue weighted by Crippen LogP contribution is 2.06. The summed E-state index contributed by atoms with van der Waals surface area (Å²) in [5.41, 5.74) is 11.1. The minimum atomic E-state index is -1.59. The van der Waals surface area contributed by atoms with Crippen molar-refractivity contribution in [1.82, 2.24) is 25.9 Å². The van der Waals surface area contributed by atoms with Crippen LogP contribution < -0.4 is 27.4 Å². The number of carboxylic acid groups (broad SMARTS) is 2. The fourth-order valence-corrected chi connectivity index (χ4v) is 3.31. The molecule has 0 aliphatic heterocycles. The van der Waals surface area contributed by atoms with Crippen LogP contribution in [0.5, 0.6) is 0 Å². The van der Waals surface area contributed by atoms with Gasteiger partial charge in [-0.05, 0) is 18.4 Å². The smallest absolute Gasteiger partial charge is 0.326 e. The molecule has 194 valence electrons. The number of primary amides is 1. The maximum atomic E-state index is 13.0. The molecule has 0 bridgehead atoms. The first-order chi connectivity index (χ1) is 16.4. The van der Waals surface area contributed by atoms with Crippen molar-refractivity contribution in [1.29, 1.82) is 0 Å². The topological polar surface area (TPSA) is 260 Å². The molecule has 10 N–H and O–H groups in total. The molecule has 0 spiro atoms. The number of nitrogens with zero attached hydrogens (tertiary/aromatic N) is 1. The van der Waals surface area contributed by atoms with Crippen LogP contribution in [0.4, 0.5) is 0 Å². The van der Waals surface area contributed by atoms with E-state index >= 15 is 0 Å². The van der Waals surface area contributed by atoms with Gasteiger partial charge in [-0.3, -0.25) is 24.0 Å². The fraction of sp³-hybridized carbons (Fsp3) is 0.526. The van der Waals surface area contributed by atoms with Crippen molar-refractivity contribution in [2.75, 3.05) is 12.0 Å². The number of nitrogens with one attached hydrogen (secondary N) is 4. The molecule has 1 heterocycles. The summed E-state index contributed by atoms with van der Waals surface area (Å²) in [6.45, 7) is 0. The molecule has 35 heavy (non-hydrogen) atoms. The van der Waals surface area contributed by atoms with Gasteiger partial charge in [-0.2, -0.15) is 11.8 Å². The van der Waals surface area contributed by atoms with Gasteiger partial charge in [0.1, 0.15) is 18.1 Å². The molecule has 16 heteroatoms. The first-order valence-corrected chi connectivity index (χ1v) is 11.7. The van der Waals surface area contributed by atoms with Crippen LogP contribution in [0.1, 0.15) is 25.0 Å². The molecule has 15 nitrogen and oxygen atoms in total. The van der Waals surface area contributed by atoms with Crippen LogP contribution in [0.3, 0.4) is 0 Å². The van der Waals surface area contributed by atoms with Crippen molar-refractivity contribution in [3.05, 3.63) is 18.2 Å². The summed E-state index contributed by atoms with van der Waals surface area (Å²) in [4.78, 5) is 78.0. The summed E-state index contributed by atoms with van der Waals surface area (Å²) >= 11 is 1.37. The maximum absolute atomic E-state index is 13.0. The molecule has 1 rings (SSSR count). The third kappa shape index (κ3) is 10.9. The van der Waals surface area contributed by atoms with Crippen molar-refractivity contribution < 1.29 is 39.0 Å². The Morgan fingerprint density at radius 3 is 2.11 bits per heavy atom. The zero-order valence-corrected chi connectivity index (χ0v) is 19.7. The van der Waals surface area contributed by atoms with Gasteiger partial charge in [0.15, 0.2) is 0 Å². The predicted octanol–water partition coefficient (Wildman–Crippen LogP) is -3.08. The first-order valence-electron chi connectivity index (χ1n) is 10.3. The highest BCUT2D eigenvalue weighted by molar-refractivity contribution is 7.98. The molecule has 0 saturated heterocycles. The Morgan fingerprint density at radius 1 is 1.00 bits per heavy atom. The SMILES string of the molecule is CSCCC(NC(=O)C(Cc1cnc[nH]1)NC(=O)C(N)CC(=O)O)C(=O)NC(CC(N)=O)C(=O)O. The molecule has 0 radical (unpaired) electrons. The number of hydrogen-bond donors (Lipinski definition) is 8. The van der Waals surface area contributed by atoms with E-state index < -0.39 is 72.6 Å². The molecule has 0 aliphatic rings. The highest BCUT2D eigenvalue weighted by atomic mass is 32.2. The summed E-state index contributed by atoms with van der Waals surface area (Å²) in [5.74, 6) is -5.89. The van der Waals surface area contributed by atoms with Gasteiger partial charge in [-0.25, -0.2) is 9.78 Å². The Morgan fingerprint density at radius 2 is 1.60 bits per heavy atom. The molecule has 0 aromatic carbocycles. The van der Waals surface area contributed by atoms with Gasteiger partial charge in [0.2, 0.25) is 23.6 Å². The van der Waals surface area contributed by atoms with Crippen molar-refractivity contribution in [3.63, 3.8) is 0 Å². The molecule has 4 unspecified atom stereocenters. The van der Waals surface area contributed by atoms with E-state index in [1.54, 1.807) is 6.26 Å². The van der Waals surface area contributed by atoms with Gasteiger partial charge in [0.25, 0.3) is 0 Å². The second kappa shape index (κ2) is 14.6. The normalized spacial score (nSPS) is 14.1. The van der Waals surface area contributed by atoms with Gasteiger partial charge in [0, 0.05) is 18.3 Å². The van der Waals surface area contributed by atoms with Crippen LogP contribution in [-0.4, -0.2) is 91.9 Å². The largest absolute Gasteiger partial charge is 0.481 e. The van der Waals surface area contributed by atoms with Crippen LogP contribution >= 0.6 is 11.8 Å². The van der Waals surface area contributed by atoms with Crippen molar-refractivity contribution >= 4 is 47.3 Å². The predicted molar refractivity (Wildman–Crippen MR) is 123 cm³/mol. The van der Waals surface area contributed by atoms with Gasteiger partial charge in [0.05, 0.1) is 25.2 Å². The third-order valence-corrected chi connectivity index (χ3v) is 5.25. The lowest BCUT2D eigenvalue weighted by molar-refractivity contribution is -0.143. The lowest BCUT2D eigenvalue weighted by Gasteiger charge is -2.24. The number of thioether (sulfide) groups is 1. The number of amides is 4.